The smallest absolute Gasteiger partial charge is 0.0781 e. The minimum Gasteiger partial charge on any atom is -0.308 e. The molecule has 59 heavy (non-hydrogen) atoms. The molecule has 0 amide bonds. The lowest BCUT2D eigenvalue weighted by Crippen LogP contribution is -2.30. The highest BCUT2D eigenvalue weighted by Gasteiger charge is 2.49. The summed E-state index contributed by atoms with van der Waals surface area (Å²) in [4.78, 5) is 5.00. The molecule has 0 fully saturated rings. The van der Waals surface area contributed by atoms with Crippen molar-refractivity contribution in [2.24, 2.45) is 0 Å². The molecule has 0 N–H and O–H groups in total. The summed E-state index contributed by atoms with van der Waals surface area (Å²) in [6.45, 7) is 0. The van der Waals surface area contributed by atoms with Crippen molar-refractivity contribution in [1.82, 2.24) is 0 Å². The zero-order valence-electron chi connectivity index (χ0n) is 32.3. The Kier molecular flexibility index (Phi) is 7.48. The number of fused-ring (bicyclic) bond motifs is 14. The highest BCUT2D eigenvalue weighted by molar-refractivity contribution is 6.09. The van der Waals surface area contributed by atoms with E-state index in [9.17, 15) is 0 Å². The van der Waals surface area contributed by atoms with E-state index < -0.39 is 5.41 Å². The van der Waals surface area contributed by atoms with Crippen molar-refractivity contribution in [1.29, 1.82) is 0 Å². The van der Waals surface area contributed by atoms with Crippen molar-refractivity contribution in [3.8, 4) is 33.4 Å². The Morgan fingerprint density at radius 2 is 0.831 bits per heavy atom. The van der Waals surface area contributed by atoms with Gasteiger partial charge in [-0.15, -0.1) is 0 Å². The second kappa shape index (κ2) is 13.2. The summed E-state index contributed by atoms with van der Waals surface area (Å²) in [7, 11) is 0. The quantitative estimate of drug-likeness (QED) is 0.177. The molecule has 0 saturated carbocycles. The van der Waals surface area contributed by atoms with Crippen LogP contribution in [0, 0.1) is 0 Å². The van der Waals surface area contributed by atoms with Gasteiger partial charge in [-0.1, -0.05) is 188 Å². The normalized spacial score (nSPS) is 13.5. The number of nitrogens with zero attached hydrogens (tertiary/aromatic N) is 2. The highest BCUT2D eigenvalue weighted by atomic mass is 15.2. The van der Waals surface area contributed by atoms with Gasteiger partial charge in [0.05, 0.1) is 28.2 Å². The maximum absolute atomic E-state index is 2.52. The molecule has 0 atom stereocenters. The van der Waals surface area contributed by atoms with E-state index in [2.05, 4.69) is 240 Å². The van der Waals surface area contributed by atoms with Crippen LogP contribution in [-0.4, -0.2) is 0 Å². The SMILES string of the molecule is C1=Cc2ccccc2C2(c3ccccc31)c1ccccc1-c1c(N(c3ccccc3)c3cccc4c3N(c3ccccc3)c3ccccc3-c3ccccc3-4)cccc12. The minimum absolute atomic E-state index is 0.539. The van der Waals surface area contributed by atoms with Crippen LogP contribution in [0.3, 0.4) is 0 Å². The van der Waals surface area contributed by atoms with E-state index in [0.29, 0.717) is 0 Å². The van der Waals surface area contributed by atoms with Crippen LogP contribution in [0.4, 0.5) is 34.1 Å². The Hall–Kier alpha value is -7.68. The first-order chi connectivity index (χ1) is 29.3. The number of benzene rings is 9. The van der Waals surface area contributed by atoms with Crippen LogP contribution < -0.4 is 9.80 Å². The van der Waals surface area contributed by atoms with E-state index in [1.54, 1.807) is 0 Å². The van der Waals surface area contributed by atoms with Gasteiger partial charge in [-0.2, -0.15) is 0 Å². The number of rotatable bonds is 4. The van der Waals surface area contributed by atoms with Crippen LogP contribution in [0.25, 0.3) is 45.5 Å². The molecule has 3 aliphatic rings. The van der Waals surface area contributed by atoms with Crippen LogP contribution in [0.1, 0.15) is 33.4 Å². The molecule has 9 aromatic rings. The maximum Gasteiger partial charge on any atom is 0.0781 e. The van der Waals surface area contributed by atoms with Gasteiger partial charge >= 0.3 is 0 Å². The molecule has 2 aliphatic carbocycles. The monoisotopic (exact) mass is 750 g/mol. The summed E-state index contributed by atoms with van der Waals surface area (Å²) >= 11 is 0. The molecule has 1 aliphatic heterocycles. The number of anilines is 6. The summed E-state index contributed by atoms with van der Waals surface area (Å²) in [5, 5.41) is 0. The standard InChI is InChI=1S/C57H38N2/c1-3-21-41(22-4-1)58(54-36-17-29-46-44-26-10-9-25-43(44)45-27-12-16-34-52(45)59(56(46)54)42-23-5-2-6-24-42)53-35-18-33-51-55(53)47-28-11-15-32-50(47)57(51)48-30-13-7-19-39(48)37-38-40-20-8-14-31-49(40)57/h1-38H. The number of hydrogen-bond donors (Lipinski definition) is 0. The van der Waals surface area contributed by atoms with Crippen molar-refractivity contribution in [3.05, 3.63) is 252 Å². The van der Waals surface area contributed by atoms with Gasteiger partial charge in [0.25, 0.3) is 0 Å². The summed E-state index contributed by atoms with van der Waals surface area (Å²) in [6.07, 6.45) is 4.60. The van der Waals surface area contributed by atoms with Gasteiger partial charge in [0.2, 0.25) is 0 Å². The first-order valence-corrected chi connectivity index (χ1v) is 20.4. The van der Waals surface area contributed by atoms with E-state index in [1.807, 2.05) is 0 Å². The average Bonchev–Trinajstić information content (AvgIpc) is 3.43. The lowest BCUT2D eigenvalue weighted by molar-refractivity contribution is 0.766. The average molecular weight is 751 g/mol. The maximum atomic E-state index is 2.52. The molecule has 0 aromatic heterocycles. The zero-order chi connectivity index (χ0) is 38.9. The summed E-state index contributed by atoms with van der Waals surface area (Å²) in [5.41, 5.74) is 21.2. The molecule has 1 heterocycles. The molecule has 9 aromatic carbocycles. The first kappa shape index (κ1) is 33.5. The van der Waals surface area contributed by atoms with Crippen LogP contribution in [0.5, 0.6) is 0 Å². The fourth-order valence-corrected chi connectivity index (χ4v) is 10.3. The van der Waals surface area contributed by atoms with Gasteiger partial charge in [0.15, 0.2) is 0 Å². The van der Waals surface area contributed by atoms with E-state index in [1.165, 1.54) is 66.8 Å². The molecule has 0 saturated heterocycles. The second-order valence-electron chi connectivity index (χ2n) is 15.6. The summed E-state index contributed by atoms with van der Waals surface area (Å²) < 4.78 is 0. The summed E-state index contributed by atoms with van der Waals surface area (Å²) in [5.74, 6) is 0. The Morgan fingerprint density at radius 3 is 1.54 bits per heavy atom. The molecule has 0 radical (unpaired) electrons. The van der Waals surface area contributed by atoms with E-state index in [4.69, 9.17) is 0 Å². The Bertz CT molecular complexity index is 3070. The van der Waals surface area contributed by atoms with E-state index in [0.717, 1.165) is 34.1 Å². The van der Waals surface area contributed by atoms with Crippen molar-refractivity contribution in [3.63, 3.8) is 0 Å². The fraction of sp³-hybridized carbons (Fsp3) is 0.0175. The van der Waals surface area contributed by atoms with Gasteiger partial charge in [0.1, 0.15) is 0 Å². The molecule has 0 bridgehead atoms. The molecular formula is C57H38N2. The Labute approximate surface area is 345 Å². The third-order valence-electron chi connectivity index (χ3n) is 12.6. The van der Waals surface area contributed by atoms with Crippen molar-refractivity contribution >= 4 is 46.3 Å². The molecule has 2 nitrogen and oxygen atoms in total. The largest absolute Gasteiger partial charge is 0.308 e. The van der Waals surface area contributed by atoms with Gasteiger partial charge in [0, 0.05) is 28.1 Å². The second-order valence-corrected chi connectivity index (χ2v) is 15.6. The molecule has 1 spiro atoms. The molecule has 12 rings (SSSR count). The zero-order valence-corrected chi connectivity index (χ0v) is 32.3. The number of para-hydroxylation sites is 4. The van der Waals surface area contributed by atoms with Crippen molar-refractivity contribution in [2.45, 2.75) is 5.41 Å². The lowest BCUT2D eigenvalue weighted by Gasteiger charge is -2.36. The molecule has 276 valence electrons. The van der Waals surface area contributed by atoms with Crippen LogP contribution in [-0.2, 0) is 5.41 Å². The topological polar surface area (TPSA) is 6.48 Å². The predicted octanol–water partition coefficient (Wildman–Crippen LogP) is 15.1. The minimum atomic E-state index is -0.539. The summed E-state index contributed by atoms with van der Waals surface area (Å²) in [6, 6.07) is 80.5. The van der Waals surface area contributed by atoms with Crippen LogP contribution in [0.2, 0.25) is 0 Å². The first-order valence-electron chi connectivity index (χ1n) is 20.4. The van der Waals surface area contributed by atoms with Gasteiger partial charge < -0.3 is 9.80 Å². The van der Waals surface area contributed by atoms with Crippen LogP contribution in [0.15, 0.2) is 218 Å². The molecule has 0 unspecified atom stereocenters. The Balaban J connectivity index is 1.21. The molecular weight excluding hydrogens is 713 g/mol. The van der Waals surface area contributed by atoms with Crippen molar-refractivity contribution < 1.29 is 0 Å². The third-order valence-corrected chi connectivity index (χ3v) is 12.6. The lowest BCUT2D eigenvalue weighted by atomic mass is 9.66. The van der Waals surface area contributed by atoms with Gasteiger partial charge in [-0.25, -0.2) is 0 Å². The molecule has 2 heteroatoms. The van der Waals surface area contributed by atoms with Gasteiger partial charge in [-0.3, -0.25) is 0 Å². The third kappa shape index (κ3) is 4.81. The van der Waals surface area contributed by atoms with E-state index >= 15 is 0 Å². The van der Waals surface area contributed by atoms with E-state index in [-0.39, 0.29) is 0 Å². The number of hydrogen-bond acceptors (Lipinski definition) is 2. The predicted molar refractivity (Wildman–Crippen MR) is 246 cm³/mol. The van der Waals surface area contributed by atoms with Crippen molar-refractivity contribution in [2.75, 3.05) is 9.80 Å². The van der Waals surface area contributed by atoms with Gasteiger partial charge in [-0.05, 0) is 92.5 Å². The highest BCUT2D eigenvalue weighted by Crippen LogP contribution is 2.62. The fourth-order valence-electron chi connectivity index (χ4n) is 10.3. The Morgan fingerprint density at radius 1 is 0.339 bits per heavy atom. The van der Waals surface area contributed by atoms with Crippen LogP contribution >= 0.6 is 0 Å².